The summed E-state index contributed by atoms with van der Waals surface area (Å²) in [7, 11) is 4.28. The Labute approximate surface area is 319 Å². The molecule has 1 aromatic heterocycles. The zero-order chi connectivity index (χ0) is 38.7. The van der Waals surface area contributed by atoms with Gasteiger partial charge in [-0.1, -0.05) is 47.1 Å². The molecule has 9 nitrogen and oxygen atoms in total. The number of fused-ring (bicyclic) bond motifs is 7. The van der Waals surface area contributed by atoms with Crippen LogP contribution in [0, 0.1) is 56.7 Å². The van der Waals surface area contributed by atoms with Crippen LogP contribution < -0.4 is 0 Å². The summed E-state index contributed by atoms with van der Waals surface area (Å²) in [6.45, 7) is 21.3. The third-order valence-electron chi connectivity index (χ3n) is 15.8. The van der Waals surface area contributed by atoms with Gasteiger partial charge in [0.2, 0.25) is 0 Å². The lowest BCUT2D eigenvalue weighted by Gasteiger charge is -2.69. The summed E-state index contributed by atoms with van der Waals surface area (Å²) in [6, 6.07) is 0. The minimum atomic E-state index is -1.14. The molecule has 5 aliphatic carbocycles. The first-order valence-corrected chi connectivity index (χ1v) is 20.8. The number of allylic oxidation sites excluding steroid dienone is 2. The zero-order valence-electron chi connectivity index (χ0n) is 34.6. The molecular weight excluding hydrogens is 665 g/mol. The van der Waals surface area contributed by atoms with Gasteiger partial charge in [0, 0.05) is 48.6 Å². The van der Waals surface area contributed by atoms with Crippen molar-refractivity contribution in [2.45, 2.75) is 139 Å². The number of ether oxygens (including phenoxy) is 1. The number of aromatic nitrogens is 2. The number of hydrogen-bond donors (Lipinski definition) is 2. The van der Waals surface area contributed by atoms with Crippen LogP contribution in [0.1, 0.15) is 132 Å². The molecule has 0 aromatic carbocycles. The number of aliphatic carboxylic acids is 1. The second-order valence-electron chi connectivity index (χ2n) is 20.5. The van der Waals surface area contributed by atoms with Crippen LogP contribution in [0.3, 0.4) is 0 Å². The van der Waals surface area contributed by atoms with Gasteiger partial charge < -0.3 is 14.7 Å². The fraction of sp³-hybridized carbons (Fsp3) is 0.818. The normalized spacial score (nSPS) is 35.3. The fourth-order valence-corrected chi connectivity index (χ4v) is 13.2. The molecule has 0 bridgehead atoms. The molecule has 0 radical (unpaired) electrons. The molecule has 0 amide bonds. The Balaban J connectivity index is 1.23. The summed E-state index contributed by atoms with van der Waals surface area (Å²) in [5.74, 6) is 1.35. The summed E-state index contributed by atoms with van der Waals surface area (Å²) in [5, 5.41) is 16.8. The van der Waals surface area contributed by atoms with Crippen LogP contribution in [0.2, 0.25) is 0 Å². The van der Waals surface area contributed by atoms with E-state index in [-0.39, 0.29) is 40.1 Å². The number of esters is 1. The molecule has 0 saturated heterocycles. The lowest BCUT2D eigenvalue weighted by atomic mass is 9.36. The lowest BCUT2D eigenvalue weighted by Crippen LogP contribution is -2.63. The van der Waals surface area contributed by atoms with E-state index >= 15 is 0 Å². The van der Waals surface area contributed by atoms with Crippen LogP contribution in [-0.4, -0.2) is 82.7 Å². The summed E-state index contributed by atoms with van der Waals surface area (Å²) >= 11 is 0. The molecule has 4 fully saturated rings. The average Bonchev–Trinajstić information content (AvgIpc) is 3.68. The minimum absolute atomic E-state index is 0.0337. The van der Waals surface area contributed by atoms with Gasteiger partial charge in [-0.15, -0.1) is 0 Å². The van der Waals surface area contributed by atoms with E-state index in [1.165, 1.54) is 30.4 Å². The largest absolute Gasteiger partial charge is 0.481 e. The molecule has 296 valence electrons. The number of carbonyl (C=O) groups is 3. The number of carboxylic acids is 1. The van der Waals surface area contributed by atoms with Crippen LogP contribution >= 0.6 is 0 Å². The van der Waals surface area contributed by atoms with Gasteiger partial charge >= 0.3 is 11.9 Å². The molecule has 4 saturated carbocycles. The van der Waals surface area contributed by atoms with Gasteiger partial charge in [-0.2, -0.15) is 5.10 Å². The summed E-state index contributed by atoms with van der Waals surface area (Å²) in [4.78, 5) is 43.8. The van der Waals surface area contributed by atoms with Gasteiger partial charge in [0.15, 0.2) is 5.78 Å². The van der Waals surface area contributed by atoms with Crippen LogP contribution in [0.25, 0.3) is 0 Å². The molecule has 5 aliphatic rings. The van der Waals surface area contributed by atoms with Crippen molar-refractivity contribution in [3.63, 3.8) is 0 Å². The molecule has 9 heteroatoms. The van der Waals surface area contributed by atoms with E-state index in [0.29, 0.717) is 35.9 Å². The Kier molecular flexibility index (Phi) is 11.0. The first kappa shape index (κ1) is 40.2. The van der Waals surface area contributed by atoms with Crippen molar-refractivity contribution in [2.24, 2.45) is 56.7 Å². The molecule has 1 heterocycles. The highest BCUT2D eigenvalue weighted by Crippen LogP contribution is 2.73. The molecule has 2 N–H and O–H groups in total. The van der Waals surface area contributed by atoms with Crippen molar-refractivity contribution in [3.05, 3.63) is 29.1 Å². The minimum Gasteiger partial charge on any atom is -0.481 e. The monoisotopic (exact) mass is 735 g/mol. The quantitative estimate of drug-likeness (QED) is 0.195. The Morgan fingerprint density at radius 3 is 2.34 bits per heavy atom. The van der Waals surface area contributed by atoms with E-state index in [4.69, 9.17) is 4.74 Å². The number of nitrogens with zero attached hydrogens (tertiary/aromatic N) is 3. The van der Waals surface area contributed by atoms with Crippen molar-refractivity contribution >= 4 is 17.7 Å². The molecule has 8 unspecified atom stereocenters. The highest BCUT2D eigenvalue weighted by molar-refractivity contribution is 6.00. The van der Waals surface area contributed by atoms with Gasteiger partial charge in [-0.3, -0.25) is 24.4 Å². The Morgan fingerprint density at radius 1 is 0.981 bits per heavy atom. The number of carboxylic acid groups (broad SMARTS) is 1. The van der Waals surface area contributed by atoms with E-state index in [1.807, 2.05) is 12.4 Å². The Morgan fingerprint density at radius 2 is 1.70 bits per heavy atom. The highest BCUT2D eigenvalue weighted by atomic mass is 16.5. The molecule has 8 atom stereocenters. The molecule has 0 aliphatic heterocycles. The predicted molar refractivity (Wildman–Crippen MR) is 208 cm³/mol. The first-order chi connectivity index (χ1) is 24.7. The van der Waals surface area contributed by atoms with E-state index < -0.39 is 17.4 Å². The smallest absolute Gasteiger partial charge is 0.309 e. The third-order valence-corrected chi connectivity index (χ3v) is 15.8. The van der Waals surface area contributed by atoms with Crippen molar-refractivity contribution in [1.29, 1.82) is 0 Å². The Bertz CT molecular complexity index is 1560. The maximum atomic E-state index is 14.1. The van der Waals surface area contributed by atoms with Crippen LogP contribution in [0.15, 0.2) is 23.5 Å². The number of Topliss-reactive ketones (excluding diaryl/α,β-unsaturated/α-hetero) is 1. The van der Waals surface area contributed by atoms with E-state index in [1.54, 1.807) is 19.4 Å². The van der Waals surface area contributed by atoms with E-state index in [9.17, 15) is 19.5 Å². The number of H-pyrrole nitrogens is 1. The van der Waals surface area contributed by atoms with Crippen molar-refractivity contribution in [1.82, 2.24) is 20.0 Å². The lowest BCUT2D eigenvalue weighted by molar-refractivity contribution is -0.214. The van der Waals surface area contributed by atoms with Gasteiger partial charge in [0.1, 0.15) is 6.10 Å². The SMILES string of the molecule is CC(C)C1=C2C3CCC4C(C)(CCC5C(C)(C)C(OC(=O)CC(C)(C)C(=O)O)CCC54C)C3CCC2(CCN(CCN(C)C)Cc2cn[nH]c2)CC1=O. The number of likely N-dealkylation sites (N-methyl/N-ethyl adjacent to an activating group) is 1. The second kappa shape index (κ2) is 14.5. The zero-order valence-corrected chi connectivity index (χ0v) is 34.6. The van der Waals surface area contributed by atoms with Crippen molar-refractivity contribution in [2.75, 3.05) is 33.7 Å². The first-order valence-electron chi connectivity index (χ1n) is 20.8. The third kappa shape index (κ3) is 7.20. The highest BCUT2D eigenvalue weighted by Gasteiger charge is 2.66. The fourth-order valence-electron chi connectivity index (χ4n) is 13.2. The molecular formula is C44H70N4O5. The topological polar surface area (TPSA) is 116 Å². The van der Waals surface area contributed by atoms with Gasteiger partial charge in [0.25, 0.3) is 0 Å². The number of hydrogen-bond acceptors (Lipinski definition) is 7. The maximum Gasteiger partial charge on any atom is 0.309 e. The number of rotatable bonds is 13. The van der Waals surface area contributed by atoms with E-state index in [0.717, 1.165) is 64.7 Å². The Hall–Kier alpha value is -2.52. The van der Waals surface area contributed by atoms with Crippen LogP contribution in [0.5, 0.6) is 0 Å². The molecule has 1 aromatic rings. The molecule has 53 heavy (non-hydrogen) atoms. The second-order valence-corrected chi connectivity index (χ2v) is 20.5. The number of nitrogens with one attached hydrogen (secondary N) is 1. The molecule has 0 spiro atoms. The van der Waals surface area contributed by atoms with Gasteiger partial charge in [-0.05, 0) is 138 Å². The summed E-state index contributed by atoms with van der Waals surface area (Å²) < 4.78 is 6.18. The summed E-state index contributed by atoms with van der Waals surface area (Å²) in [5.41, 5.74) is 2.91. The average molecular weight is 735 g/mol. The molecule has 6 rings (SSSR count). The number of ketones is 1. The van der Waals surface area contributed by atoms with Crippen LogP contribution in [-0.2, 0) is 25.7 Å². The number of carbonyl (C=O) groups excluding carboxylic acids is 2. The standard InChI is InChI=1S/C44H70N4O5/c1-28(2)37-32(49)23-44(19-20-48(22-21-47(9)10)27-29-25-45-46-26-29)18-13-31-30(38(37)44)11-12-34-42(31,7)16-14-33-41(5,6)35(15-17-43(33,34)8)53-36(50)24-40(3,4)39(51)52/h25-26,28,30-31,33-35H,11-24,27H2,1-10H3,(H,45,46)(H,51,52). The number of aromatic amines is 1. The van der Waals surface area contributed by atoms with Gasteiger partial charge in [0.05, 0.1) is 18.0 Å². The predicted octanol–water partition coefficient (Wildman–Crippen LogP) is 8.17. The van der Waals surface area contributed by atoms with Crippen molar-refractivity contribution < 1.29 is 24.2 Å². The van der Waals surface area contributed by atoms with Gasteiger partial charge in [-0.25, -0.2) is 0 Å². The van der Waals surface area contributed by atoms with Crippen LogP contribution in [0.4, 0.5) is 0 Å². The van der Waals surface area contributed by atoms with Crippen molar-refractivity contribution in [3.8, 4) is 0 Å². The summed E-state index contributed by atoms with van der Waals surface area (Å²) in [6.07, 6.45) is 14.1. The van der Waals surface area contributed by atoms with E-state index in [2.05, 4.69) is 75.6 Å². The maximum absolute atomic E-state index is 14.1.